The lowest BCUT2D eigenvalue weighted by atomic mass is 9.99. The Morgan fingerprint density at radius 2 is 1.33 bits per heavy atom. The van der Waals surface area contributed by atoms with Gasteiger partial charge in [0.15, 0.2) is 0 Å². The average Bonchev–Trinajstić information content (AvgIpc) is 2.73. The summed E-state index contributed by atoms with van der Waals surface area (Å²) in [6, 6.07) is 29.6. The number of hydrogen-bond acceptors (Lipinski definition) is 3. The van der Waals surface area contributed by atoms with Crippen molar-refractivity contribution >= 4 is 0 Å². The zero-order valence-corrected chi connectivity index (χ0v) is 15.9. The molecule has 0 unspecified atom stereocenters. The van der Waals surface area contributed by atoms with Crippen LogP contribution < -0.4 is 15.4 Å². The van der Waals surface area contributed by atoms with Crippen LogP contribution in [0.1, 0.15) is 29.7 Å². The van der Waals surface area contributed by atoms with E-state index in [1.165, 1.54) is 16.7 Å². The normalized spacial score (nSPS) is 10.9. The van der Waals surface area contributed by atoms with Crippen LogP contribution in [0.25, 0.3) is 0 Å². The number of rotatable bonds is 10. The van der Waals surface area contributed by atoms with Crippen LogP contribution in [-0.4, -0.2) is 19.7 Å². The summed E-state index contributed by atoms with van der Waals surface area (Å²) in [4.78, 5) is 0. The van der Waals surface area contributed by atoms with E-state index in [4.69, 9.17) is 4.74 Å². The Labute approximate surface area is 162 Å². The number of benzene rings is 3. The molecular formula is C24H28N2O. The highest BCUT2D eigenvalue weighted by Crippen LogP contribution is 2.21. The van der Waals surface area contributed by atoms with Gasteiger partial charge < -0.3 is 15.4 Å². The van der Waals surface area contributed by atoms with Crippen molar-refractivity contribution in [3.05, 3.63) is 102 Å². The second-order valence-corrected chi connectivity index (χ2v) is 6.43. The summed E-state index contributed by atoms with van der Waals surface area (Å²) in [5.74, 6) is 0.965. The quantitative estimate of drug-likeness (QED) is 0.520. The SMILES string of the molecule is CCOc1ccccc1CNCCNC(c1ccccc1)c1ccccc1. The van der Waals surface area contributed by atoms with Crippen LogP contribution in [0.2, 0.25) is 0 Å². The van der Waals surface area contributed by atoms with Gasteiger partial charge in [0.25, 0.3) is 0 Å². The minimum absolute atomic E-state index is 0.199. The molecule has 27 heavy (non-hydrogen) atoms. The minimum atomic E-state index is 0.199. The molecule has 0 aliphatic carbocycles. The Hall–Kier alpha value is -2.62. The van der Waals surface area contributed by atoms with E-state index in [1.54, 1.807) is 0 Å². The molecular weight excluding hydrogens is 332 g/mol. The van der Waals surface area contributed by atoms with Gasteiger partial charge in [-0.3, -0.25) is 0 Å². The number of nitrogens with one attached hydrogen (secondary N) is 2. The molecule has 2 N–H and O–H groups in total. The van der Waals surface area contributed by atoms with Crippen molar-refractivity contribution in [1.82, 2.24) is 10.6 Å². The molecule has 0 atom stereocenters. The molecule has 0 aliphatic heterocycles. The molecule has 3 aromatic rings. The van der Waals surface area contributed by atoms with Gasteiger partial charge in [-0.25, -0.2) is 0 Å². The van der Waals surface area contributed by atoms with Crippen LogP contribution in [0.15, 0.2) is 84.9 Å². The average molecular weight is 361 g/mol. The zero-order chi connectivity index (χ0) is 18.7. The predicted octanol–water partition coefficient (Wildman–Crippen LogP) is 4.55. The Bertz CT molecular complexity index is 750. The fourth-order valence-electron chi connectivity index (χ4n) is 3.19. The van der Waals surface area contributed by atoms with E-state index in [9.17, 15) is 0 Å². The van der Waals surface area contributed by atoms with Crippen molar-refractivity contribution in [1.29, 1.82) is 0 Å². The summed E-state index contributed by atoms with van der Waals surface area (Å²) in [7, 11) is 0. The fourth-order valence-corrected chi connectivity index (χ4v) is 3.19. The third-order valence-corrected chi connectivity index (χ3v) is 4.50. The van der Waals surface area contributed by atoms with Crippen LogP contribution in [-0.2, 0) is 6.54 Å². The topological polar surface area (TPSA) is 33.3 Å². The lowest BCUT2D eigenvalue weighted by Gasteiger charge is -2.20. The largest absolute Gasteiger partial charge is 0.494 e. The highest BCUT2D eigenvalue weighted by Gasteiger charge is 2.12. The van der Waals surface area contributed by atoms with Gasteiger partial charge in [0.05, 0.1) is 12.6 Å². The van der Waals surface area contributed by atoms with E-state index in [2.05, 4.69) is 83.4 Å². The van der Waals surface area contributed by atoms with E-state index in [0.717, 1.165) is 25.4 Å². The molecule has 0 amide bonds. The Kier molecular flexibility index (Phi) is 7.45. The summed E-state index contributed by atoms with van der Waals surface area (Å²) in [6.07, 6.45) is 0. The van der Waals surface area contributed by atoms with Crippen LogP contribution in [0, 0.1) is 0 Å². The fraction of sp³-hybridized carbons (Fsp3) is 0.250. The van der Waals surface area contributed by atoms with E-state index >= 15 is 0 Å². The van der Waals surface area contributed by atoms with Gasteiger partial charge in [-0.1, -0.05) is 78.9 Å². The van der Waals surface area contributed by atoms with Gasteiger partial charge >= 0.3 is 0 Å². The molecule has 3 nitrogen and oxygen atoms in total. The molecule has 0 saturated heterocycles. The van der Waals surface area contributed by atoms with E-state index in [1.807, 2.05) is 19.1 Å². The van der Waals surface area contributed by atoms with Gasteiger partial charge in [-0.15, -0.1) is 0 Å². The Morgan fingerprint density at radius 1 is 0.741 bits per heavy atom. The number of hydrogen-bond donors (Lipinski definition) is 2. The Morgan fingerprint density at radius 3 is 1.96 bits per heavy atom. The summed E-state index contributed by atoms with van der Waals surface area (Å²) >= 11 is 0. The first-order valence-electron chi connectivity index (χ1n) is 9.63. The first kappa shape index (κ1) is 19.2. The van der Waals surface area contributed by atoms with Crippen molar-refractivity contribution in [2.24, 2.45) is 0 Å². The van der Waals surface area contributed by atoms with Crippen LogP contribution >= 0.6 is 0 Å². The van der Waals surface area contributed by atoms with Crippen LogP contribution in [0.4, 0.5) is 0 Å². The van der Waals surface area contributed by atoms with Crippen molar-refractivity contribution in [2.45, 2.75) is 19.5 Å². The maximum absolute atomic E-state index is 5.69. The molecule has 0 heterocycles. The van der Waals surface area contributed by atoms with Crippen LogP contribution in [0.5, 0.6) is 5.75 Å². The molecule has 0 bridgehead atoms. The van der Waals surface area contributed by atoms with E-state index < -0.39 is 0 Å². The summed E-state index contributed by atoms with van der Waals surface area (Å²) < 4.78 is 5.69. The summed E-state index contributed by atoms with van der Waals surface area (Å²) in [5.41, 5.74) is 3.76. The van der Waals surface area contributed by atoms with Gasteiger partial charge in [0.2, 0.25) is 0 Å². The lowest BCUT2D eigenvalue weighted by Crippen LogP contribution is -2.30. The molecule has 0 aromatic heterocycles. The molecule has 140 valence electrons. The third kappa shape index (κ3) is 5.68. The van der Waals surface area contributed by atoms with Gasteiger partial charge in [-0.05, 0) is 24.1 Å². The van der Waals surface area contributed by atoms with Crippen molar-refractivity contribution in [3.8, 4) is 5.75 Å². The van der Waals surface area contributed by atoms with E-state index in [-0.39, 0.29) is 6.04 Å². The minimum Gasteiger partial charge on any atom is -0.494 e. The van der Waals surface area contributed by atoms with Crippen LogP contribution in [0.3, 0.4) is 0 Å². The van der Waals surface area contributed by atoms with E-state index in [0.29, 0.717) is 6.61 Å². The molecule has 0 aliphatic rings. The molecule has 3 aromatic carbocycles. The van der Waals surface area contributed by atoms with Gasteiger partial charge in [-0.2, -0.15) is 0 Å². The van der Waals surface area contributed by atoms with Gasteiger partial charge in [0, 0.05) is 25.2 Å². The maximum atomic E-state index is 5.69. The first-order valence-corrected chi connectivity index (χ1v) is 9.63. The summed E-state index contributed by atoms with van der Waals surface area (Å²) in [6.45, 7) is 5.27. The highest BCUT2D eigenvalue weighted by atomic mass is 16.5. The monoisotopic (exact) mass is 360 g/mol. The second kappa shape index (κ2) is 10.5. The maximum Gasteiger partial charge on any atom is 0.123 e. The second-order valence-electron chi connectivity index (χ2n) is 6.43. The number of ether oxygens (including phenoxy) is 1. The predicted molar refractivity (Wildman–Crippen MR) is 112 cm³/mol. The number of para-hydroxylation sites is 1. The zero-order valence-electron chi connectivity index (χ0n) is 15.9. The molecule has 0 saturated carbocycles. The molecule has 0 radical (unpaired) electrons. The highest BCUT2D eigenvalue weighted by molar-refractivity contribution is 5.33. The molecule has 3 rings (SSSR count). The lowest BCUT2D eigenvalue weighted by molar-refractivity contribution is 0.335. The molecule has 3 heteroatoms. The Balaban J connectivity index is 1.54. The van der Waals surface area contributed by atoms with Gasteiger partial charge in [0.1, 0.15) is 5.75 Å². The van der Waals surface area contributed by atoms with Crippen molar-refractivity contribution in [2.75, 3.05) is 19.7 Å². The van der Waals surface area contributed by atoms with Crippen molar-refractivity contribution < 1.29 is 4.74 Å². The third-order valence-electron chi connectivity index (χ3n) is 4.50. The first-order chi connectivity index (χ1) is 13.4. The molecule has 0 fully saturated rings. The van der Waals surface area contributed by atoms with Crippen molar-refractivity contribution in [3.63, 3.8) is 0 Å². The summed E-state index contributed by atoms with van der Waals surface area (Å²) in [5, 5.41) is 7.20. The standard InChI is InChI=1S/C24H28N2O/c1-2-27-23-16-10-9-15-22(23)19-25-17-18-26-24(20-11-5-3-6-12-20)21-13-7-4-8-14-21/h3-16,24-26H,2,17-19H2,1H3. The smallest absolute Gasteiger partial charge is 0.123 e. The molecule has 0 spiro atoms.